The van der Waals surface area contributed by atoms with Gasteiger partial charge in [0, 0.05) is 0 Å². The fourth-order valence-electron chi connectivity index (χ4n) is 3.10. The zero-order valence-electron chi connectivity index (χ0n) is 13.6. The molecular formula is C18H36Sn. The van der Waals surface area contributed by atoms with Crippen molar-refractivity contribution in [3.63, 3.8) is 0 Å². The van der Waals surface area contributed by atoms with Gasteiger partial charge in [-0.15, -0.1) is 0 Å². The van der Waals surface area contributed by atoms with E-state index < -0.39 is 18.4 Å². The Morgan fingerprint density at radius 3 is 1.37 bits per heavy atom. The van der Waals surface area contributed by atoms with Crippen LogP contribution in [0, 0.1) is 0 Å². The molecule has 0 rings (SSSR count). The molecule has 0 saturated heterocycles. The van der Waals surface area contributed by atoms with Gasteiger partial charge in [0.2, 0.25) is 0 Å². The van der Waals surface area contributed by atoms with E-state index in [0.717, 1.165) is 0 Å². The molecule has 0 amide bonds. The SMILES string of the molecule is C=CCC[CH2][Sn]([CH2]CCC)([CH2]CCC)[CH2]CCC=C. The summed E-state index contributed by atoms with van der Waals surface area (Å²) >= 11 is -1.84. The van der Waals surface area contributed by atoms with Crippen molar-refractivity contribution in [1.29, 1.82) is 0 Å². The van der Waals surface area contributed by atoms with Crippen molar-refractivity contribution in [2.45, 2.75) is 83.0 Å². The second-order valence-electron chi connectivity index (χ2n) is 6.07. The van der Waals surface area contributed by atoms with Crippen LogP contribution in [0.2, 0.25) is 17.7 Å². The third kappa shape index (κ3) is 9.76. The molecule has 0 aliphatic carbocycles. The van der Waals surface area contributed by atoms with Gasteiger partial charge >= 0.3 is 127 Å². The van der Waals surface area contributed by atoms with E-state index >= 15 is 0 Å². The summed E-state index contributed by atoms with van der Waals surface area (Å²) < 4.78 is 6.49. The Morgan fingerprint density at radius 1 is 0.684 bits per heavy atom. The molecule has 0 aromatic carbocycles. The van der Waals surface area contributed by atoms with E-state index in [1.165, 1.54) is 51.4 Å². The fourth-order valence-corrected chi connectivity index (χ4v) is 19.1. The second-order valence-corrected chi connectivity index (χ2v) is 20.3. The van der Waals surface area contributed by atoms with Crippen molar-refractivity contribution < 1.29 is 0 Å². The Morgan fingerprint density at radius 2 is 1.05 bits per heavy atom. The first-order valence-corrected chi connectivity index (χ1v) is 16.5. The normalized spacial score (nSPS) is 11.5. The molecule has 19 heavy (non-hydrogen) atoms. The quantitative estimate of drug-likeness (QED) is 0.176. The minimum absolute atomic E-state index is 1.23. The molecule has 112 valence electrons. The van der Waals surface area contributed by atoms with E-state index in [9.17, 15) is 0 Å². The number of hydrogen-bond donors (Lipinski definition) is 0. The molecule has 1 heteroatoms. The molecule has 0 aliphatic rings. The molecule has 0 unspecified atom stereocenters. The van der Waals surface area contributed by atoms with Crippen LogP contribution in [0.15, 0.2) is 25.3 Å². The van der Waals surface area contributed by atoms with Gasteiger partial charge in [-0.3, -0.25) is 0 Å². The number of unbranched alkanes of at least 4 members (excludes halogenated alkanes) is 4. The van der Waals surface area contributed by atoms with Gasteiger partial charge in [0.05, 0.1) is 0 Å². The van der Waals surface area contributed by atoms with Crippen LogP contribution in [0.3, 0.4) is 0 Å². The zero-order chi connectivity index (χ0) is 14.4. The first-order chi connectivity index (χ1) is 9.24. The van der Waals surface area contributed by atoms with Gasteiger partial charge in [-0.2, -0.15) is 0 Å². The van der Waals surface area contributed by atoms with Gasteiger partial charge in [-0.25, -0.2) is 0 Å². The first kappa shape index (κ1) is 19.3. The maximum atomic E-state index is 3.89. The molecular weight excluding hydrogens is 335 g/mol. The van der Waals surface area contributed by atoms with E-state index in [1.54, 1.807) is 17.7 Å². The minimum atomic E-state index is -1.84. The Bertz CT molecular complexity index is 196. The Balaban J connectivity index is 4.51. The summed E-state index contributed by atoms with van der Waals surface area (Å²) in [5.74, 6) is 0. The van der Waals surface area contributed by atoms with Crippen LogP contribution in [-0.4, -0.2) is 18.4 Å². The standard InChI is InChI=1S/2C5H9.2C4H9.Sn/c2*1-3-5-4-2;2*1-3-4-2;/h2*3H,1-2,4-5H2;2*1,3-4H2,2H3;. The van der Waals surface area contributed by atoms with Crippen LogP contribution in [0.4, 0.5) is 0 Å². The van der Waals surface area contributed by atoms with Gasteiger partial charge < -0.3 is 0 Å². The number of rotatable bonds is 14. The third-order valence-electron chi connectivity index (χ3n) is 4.35. The predicted octanol–water partition coefficient (Wildman–Crippen LogP) is 6.97. The van der Waals surface area contributed by atoms with Crippen LogP contribution in [0.5, 0.6) is 0 Å². The van der Waals surface area contributed by atoms with E-state index in [4.69, 9.17) is 0 Å². The summed E-state index contributed by atoms with van der Waals surface area (Å²) in [4.78, 5) is 0. The van der Waals surface area contributed by atoms with Crippen molar-refractivity contribution >= 4 is 18.4 Å². The van der Waals surface area contributed by atoms with Gasteiger partial charge in [-0.1, -0.05) is 0 Å². The van der Waals surface area contributed by atoms with Gasteiger partial charge in [-0.05, 0) is 0 Å². The summed E-state index contributed by atoms with van der Waals surface area (Å²) in [7, 11) is 0. The topological polar surface area (TPSA) is 0 Å². The maximum absolute atomic E-state index is 3.89. The number of allylic oxidation sites excluding steroid dienone is 2. The summed E-state index contributed by atoms with van der Waals surface area (Å²) in [6.07, 6.45) is 15.3. The van der Waals surface area contributed by atoms with Gasteiger partial charge in [0.1, 0.15) is 0 Å². The molecule has 0 aliphatic heterocycles. The van der Waals surface area contributed by atoms with Crippen LogP contribution in [-0.2, 0) is 0 Å². The van der Waals surface area contributed by atoms with Crippen LogP contribution in [0.25, 0.3) is 0 Å². The van der Waals surface area contributed by atoms with Crippen molar-refractivity contribution in [2.75, 3.05) is 0 Å². The molecule has 0 fully saturated rings. The molecule has 0 bridgehead atoms. The molecule has 0 heterocycles. The van der Waals surface area contributed by atoms with E-state index in [-0.39, 0.29) is 0 Å². The summed E-state index contributed by atoms with van der Waals surface area (Å²) in [5.41, 5.74) is 0. The molecule has 0 aromatic rings. The van der Waals surface area contributed by atoms with Gasteiger partial charge in [0.25, 0.3) is 0 Å². The molecule has 0 radical (unpaired) electrons. The molecule has 0 saturated carbocycles. The van der Waals surface area contributed by atoms with E-state index in [0.29, 0.717) is 0 Å². The van der Waals surface area contributed by atoms with Crippen LogP contribution >= 0.6 is 0 Å². The summed E-state index contributed by atoms with van der Waals surface area (Å²) in [5, 5.41) is 0. The van der Waals surface area contributed by atoms with Crippen molar-refractivity contribution in [3.05, 3.63) is 25.3 Å². The summed E-state index contributed by atoms with van der Waals surface area (Å²) in [6, 6.07) is 0. The predicted molar refractivity (Wildman–Crippen MR) is 93.7 cm³/mol. The Kier molecular flexibility index (Phi) is 13.5. The fraction of sp³-hybridized carbons (Fsp3) is 0.778. The van der Waals surface area contributed by atoms with Gasteiger partial charge in [0.15, 0.2) is 0 Å². The van der Waals surface area contributed by atoms with E-state index in [1.807, 2.05) is 0 Å². The van der Waals surface area contributed by atoms with Crippen molar-refractivity contribution in [1.82, 2.24) is 0 Å². The molecule has 0 N–H and O–H groups in total. The third-order valence-corrected chi connectivity index (χ3v) is 20.5. The monoisotopic (exact) mass is 372 g/mol. The van der Waals surface area contributed by atoms with Crippen molar-refractivity contribution in [3.8, 4) is 0 Å². The number of hydrogen-bond acceptors (Lipinski definition) is 0. The molecule has 0 atom stereocenters. The van der Waals surface area contributed by atoms with Crippen molar-refractivity contribution in [2.24, 2.45) is 0 Å². The first-order valence-electron chi connectivity index (χ1n) is 8.46. The van der Waals surface area contributed by atoms with Crippen LogP contribution < -0.4 is 0 Å². The summed E-state index contributed by atoms with van der Waals surface area (Å²) in [6.45, 7) is 12.5. The Hall–Kier alpha value is 0.279. The second kappa shape index (κ2) is 13.3. The molecule has 0 aromatic heterocycles. The zero-order valence-corrected chi connectivity index (χ0v) is 16.4. The van der Waals surface area contributed by atoms with Crippen LogP contribution in [0.1, 0.15) is 65.2 Å². The average Bonchev–Trinajstić information content (AvgIpc) is 2.43. The average molecular weight is 371 g/mol. The van der Waals surface area contributed by atoms with E-state index in [2.05, 4.69) is 39.2 Å². The Labute approximate surface area is 126 Å². The molecule has 0 nitrogen and oxygen atoms in total. The molecule has 0 spiro atoms.